The van der Waals surface area contributed by atoms with Crippen LogP contribution in [0.2, 0.25) is 5.02 Å². The largest absolute Gasteiger partial charge is 0.345 e. The Balaban J connectivity index is 1.43. The molecular formula is C26H18ClFN8O3S. The third kappa shape index (κ3) is 4.76. The third-order valence-corrected chi connectivity index (χ3v) is 7.42. The number of aromatic nitrogens is 5. The van der Waals surface area contributed by atoms with Crippen LogP contribution < -0.4 is 16.0 Å². The molecule has 0 saturated heterocycles. The quantitative estimate of drug-likeness (QED) is 0.281. The zero-order valence-corrected chi connectivity index (χ0v) is 22.0. The van der Waals surface area contributed by atoms with Crippen molar-refractivity contribution in [3.8, 4) is 0 Å². The number of rotatable bonds is 6. The van der Waals surface area contributed by atoms with E-state index >= 15 is 0 Å². The Kier molecular flexibility index (Phi) is 6.66. The third-order valence-electron chi connectivity index (χ3n) is 6.25. The topological polar surface area (TPSA) is 144 Å². The van der Waals surface area contributed by atoms with E-state index in [2.05, 4.69) is 35.3 Å². The SMILES string of the molecule is O=C1Cn2c(C(=O)NCc3cncnc3)nc(NC(=O)c3nsc4ccccc34)c2[C@H](c2cc(F)ccc2Cl)N1. The summed E-state index contributed by atoms with van der Waals surface area (Å²) < 4.78 is 20.8. The van der Waals surface area contributed by atoms with Crippen molar-refractivity contribution < 1.29 is 18.8 Å². The molecular weight excluding hydrogens is 559 g/mol. The average Bonchev–Trinajstić information content (AvgIpc) is 3.55. The van der Waals surface area contributed by atoms with Gasteiger partial charge in [0, 0.05) is 40.5 Å². The molecule has 11 nitrogen and oxygen atoms in total. The highest BCUT2D eigenvalue weighted by Crippen LogP contribution is 2.36. The van der Waals surface area contributed by atoms with Gasteiger partial charge in [0.15, 0.2) is 5.82 Å². The van der Waals surface area contributed by atoms with Crippen molar-refractivity contribution in [2.45, 2.75) is 19.1 Å². The first kappa shape index (κ1) is 25.5. The number of fused-ring (bicyclic) bond motifs is 2. The second-order valence-corrected chi connectivity index (χ2v) is 10.0. The summed E-state index contributed by atoms with van der Waals surface area (Å²) >= 11 is 7.57. The first-order valence-corrected chi connectivity index (χ1v) is 13.1. The molecule has 2 aromatic carbocycles. The summed E-state index contributed by atoms with van der Waals surface area (Å²) in [6.45, 7) is -0.168. The maximum atomic E-state index is 14.3. The Hall–Kier alpha value is -4.75. The van der Waals surface area contributed by atoms with E-state index < -0.39 is 29.6 Å². The number of hydrogen-bond acceptors (Lipinski definition) is 8. The summed E-state index contributed by atoms with van der Waals surface area (Å²) in [5, 5.41) is 9.09. The first-order chi connectivity index (χ1) is 19.4. The van der Waals surface area contributed by atoms with E-state index in [9.17, 15) is 18.8 Å². The summed E-state index contributed by atoms with van der Waals surface area (Å²) in [4.78, 5) is 51.7. The normalized spacial score (nSPS) is 14.4. The Morgan fingerprint density at radius 1 is 1.15 bits per heavy atom. The molecule has 3 aromatic heterocycles. The van der Waals surface area contributed by atoms with Crippen molar-refractivity contribution in [3.05, 3.63) is 100 Å². The molecule has 0 radical (unpaired) electrons. The van der Waals surface area contributed by atoms with Gasteiger partial charge in [-0.05, 0) is 35.8 Å². The van der Waals surface area contributed by atoms with E-state index in [-0.39, 0.29) is 46.7 Å². The second-order valence-electron chi connectivity index (χ2n) is 8.83. The van der Waals surface area contributed by atoms with Crippen LogP contribution in [0.25, 0.3) is 10.1 Å². The van der Waals surface area contributed by atoms with Gasteiger partial charge < -0.3 is 20.5 Å². The number of benzene rings is 2. The summed E-state index contributed by atoms with van der Waals surface area (Å²) in [6.07, 6.45) is 4.47. The maximum absolute atomic E-state index is 14.3. The number of carbonyl (C=O) groups excluding carboxylic acids is 3. The maximum Gasteiger partial charge on any atom is 0.287 e. The molecule has 0 bridgehead atoms. The van der Waals surface area contributed by atoms with Gasteiger partial charge in [0.05, 0.1) is 16.4 Å². The van der Waals surface area contributed by atoms with Gasteiger partial charge in [0.25, 0.3) is 11.8 Å². The molecule has 1 aliphatic rings. The van der Waals surface area contributed by atoms with Gasteiger partial charge in [0.1, 0.15) is 24.4 Å². The molecule has 6 rings (SSSR count). The van der Waals surface area contributed by atoms with Crippen molar-refractivity contribution in [2.24, 2.45) is 0 Å². The molecule has 3 amide bonds. The number of nitrogens with one attached hydrogen (secondary N) is 3. The van der Waals surface area contributed by atoms with Crippen LogP contribution in [0.1, 0.15) is 44.0 Å². The van der Waals surface area contributed by atoms with Crippen molar-refractivity contribution in [2.75, 3.05) is 5.32 Å². The van der Waals surface area contributed by atoms with Gasteiger partial charge in [-0.25, -0.2) is 19.3 Å². The predicted octanol–water partition coefficient (Wildman–Crippen LogP) is 3.48. The van der Waals surface area contributed by atoms with Gasteiger partial charge in [0.2, 0.25) is 11.7 Å². The number of imidazole rings is 1. The number of carbonyl (C=O) groups is 3. The fourth-order valence-corrected chi connectivity index (χ4v) is 5.46. The van der Waals surface area contributed by atoms with Crippen LogP contribution in [0.5, 0.6) is 0 Å². The lowest BCUT2D eigenvalue weighted by Gasteiger charge is -2.28. The van der Waals surface area contributed by atoms with Crippen LogP contribution in [0.15, 0.2) is 61.2 Å². The molecule has 5 aromatic rings. The minimum atomic E-state index is -1.01. The lowest BCUT2D eigenvalue weighted by Crippen LogP contribution is -2.41. The molecule has 14 heteroatoms. The molecule has 40 heavy (non-hydrogen) atoms. The highest BCUT2D eigenvalue weighted by atomic mass is 35.5. The molecule has 0 unspecified atom stereocenters. The average molecular weight is 577 g/mol. The van der Waals surface area contributed by atoms with E-state index in [0.717, 1.165) is 4.70 Å². The van der Waals surface area contributed by atoms with E-state index in [0.29, 0.717) is 10.9 Å². The smallest absolute Gasteiger partial charge is 0.287 e. The minimum Gasteiger partial charge on any atom is -0.345 e. The molecule has 3 N–H and O–H groups in total. The molecule has 0 fully saturated rings. The van der Waals surface area contributed by atoms with E-state index in [1.807, 2.05) is 12.1 Å². The van der Waals surface area contributed by atoms with Crippen molar-refractivity contribution >= 4 is 56.8 Å². The minimum absolute atomic E-state index is 0.000559. The molecule has 0 saturated carbocycles. The zero-order valence-electron chi connectivity index (χ0n) is 20.4. The van der Waals surface area contributed by atoms with E-state index in [4.69, 9.17) is 11.6 Å². The number of anilines is 1. The summed E-state index contributed by atoms with van der Waals surface area (Å²) in [5.41, 5.74) is 1.32. The van der Waals surface area contributed by atoms with Gasteiger partial charge >= 0.3 is 0 Å². The summed E-state index contributed by atoms with van der Waals surface area (Å²) in [7, 11) is 0. The van der Waals surface area contributed by atoms with Crippen LogP contribution in [0.3, 0.4) is 0 Å². The molecule has 0 spiro atoms. The van der Waals surface area contributed by atoms with Gasteiger partial charge in [-0.2, -0.15) is 4.37 Å². The highest BCUT2D eigenvalue weighted by Gasteiger charge is 2.36. The van der Waals surface area contributed by atoms with Crippen LogP contribution >= 0.6 is 23.1 Å². The Labute approximate surface area is 234 Å². The number of hydrogen-bond donors (Lipinski definition) is 3. The van der Waals surface area contributed by atoms with Gasteiger partial charge in [-0.15, -0.1) is 0 Å². The fourth-order valence-electron chi connectivity index (χ4n) is 4.46. The first-order valence-electron chi connectivity index (χ1n) is 11.9. The Morgan fingerprint density at radius 2 is 1.95 bits per heavy atom. The summed E-state index contributed by atoms with van der Waals surface area (Å²) in [6, 6.07) is 9.99. The zero-order chi connectivity index (χ0) is 27.8. The van der Waals surface area contributed by atoms with Crippen LogP contribution in [0.4, 0.5) is 10.2 Å². The number of nitrogens with zero attached hydrogens (tertiary/aromatic N) is 5. The van der Waals surface area contributed by atoms with Gasteiger partial charge in [-0.3, -0.25) is 14.4 Å². The Morgan fingerprint density at radius 3 is 2.77 bits per heavy atom. The lowest BCUT2D eigenvalue weighted by atomic mass is 10.0. The fraction of sp³-hybridized carbons (Fsp3) is 0.115. The summed E-state index contributed by atoms with van der Waals surface area (Å²) in [5.74, 6) is -2.33. The van der Waals surface area contributed by atoms with Crippen LogP contribution in [-0.4, -0.2) is 41.6 Å². The molecule has 1 atom stereocenters. The number of halogens is 2. The highest BCUT2D eigenvalue weighted by molar-refractivity contribution is 7.13. The molecule has 0 aliphatic carbocycles. The molecule has 4 heterocycles. The van der Waals surface area contributed by atoms with Crippen LogP contribution in [-0.2, 0) is 17.9 Å². The predicted molar refractivity (Wildman–Crippen MR) is 144 cm³/mol. The molecule has 1 aliphatic heterocycles. The van der Waals surface area contributed by atoms with Crippen molar-refractivity contribution in [3.63, 3.8) is 0 Å². The Bertz CT molecular complexity index is 1790. The second kappa shape index (κ2) is 10.4. The molecule has 200 valence electrons. The van der Waals surface area contributed by atoms with Crippen LogP contribution in [0, 0.1) is 5.82 Å². The van der Waals surface area contributed by atoms with E-state index in [1.54, 1.807) is 24.5 Å². The van der Waals surface area contributed by atoms with Crippen molar-refractivity contribution in [1.82, 2.24) is 34.5 Å². The van der Waals surface area contributed by atoms with E-state index in [1.165, 1.54) is 40.6 Å². The standard InChI is InChI=1S/C26H18ClFN8O3S/c27-17-6-5-14(28)7-16(17)20-22-23(34-25(38)21-15-3-1-2-4-18(15)40-35-21)33-24(36(22)11-19(37)32-20)26(39)31-10-13-8-29-12-30-9-13/h1-9,12,20H,10-11H2,(H,31,39)(H,32,37)(H,34,38)/t20-/m0/s1. The number of amides is 3. The monoisotopic (exact) mass is 576 g/mol. The van der Waals surface area contributed by atoms with Gasteiger partial charge in [-0.1, -0.05) is 29.8 Å². The lowest BCUT2D eigenvalue weighted by molar-refractivity contribution is -0.123. The van der Waals surface area contributed by atoms with Crippen molar-refractivity contribution in [1.29, 1.82) is 0 Å².